The second kappa shape index (κ2) is 7.50. The summed E-state index contributed by atoms with van der Waals surface area (Å²) in [4.78, 5) is 0. The zero-order valence-electron chi connectivity index (χ0n) is 12.3. The Bertz CT molecular complexity index is 411. The maximum atomic E-state index is 9.76. The summed E-state index contributed by atoms with van der Waals surface area (Å²) in [7, 11) is 1.62. The number of hydrogen-bond donors (Lipinski definition) is 1. The van der Waals surface area contributed by atoms with Gasteiger partial charge in [0, 0.05) is 18.2 Å². The van der Waals surface area contributed by atoms with Crippen LogP contribution in [-0.2, 0) is 4.74 Å². The van der Waals surface area contributed by atoms with Crippen molar-refractivity contribution in [3.8, 4) is 11.5 Å². The molecule has 1 aliphatic heterocycles. The maximum Gasteiger partial charge on any atom is 0.128 e. The number of ether oxygens (including phenoxy) is 3. The van der Waals surface area contributed by atoms with Gasteiger partial charge in [-0.2, -0.15) is 0 Å². The Morgan fingerprint density at radius 3 is 2.95 bits per heavy atom. The van der Waals surface area contributed by atoms with Gasteiger partial charge in [0.05, 0.1) is 25.9 Å². The Kier molecular flexibility index (Phi) is 5.68. The lowest BCUT2D eigenvalue weighted by atomic mass is 10.1. The Morgan fingerprint density at radius 2 is 2.30 bits per heavy atom. The molecule has 0 spiro atoms. The van der Waals surface area contributed by atoms with Gasteiger partial charge < -0.3 is 19.3 Å². The van der Waals surface area contributed by atoms with Gasteiger partial charge in [0.1, 0.15) is 11.5 Å². The largest absolute Gasteiger partial charge is 0.497 e. The van der Waals surface area contributed by atoms with Crippen molar-refractivity contribution >= 4 is 0 Å². The van der Waals surface area contributed by atoms with Gasteiger partial charge in [-0.05, 0) is 44.7 Å². The van der Waals surface area contributed by atoms with Crippen LogP contribution in [0.25, 0.3) is 0 Å². The van der Waals surface area contributed by atoms with E-state index < -0.39 is 6.10 Å². The molecule has 0 radical (unpaired) electrons. The van der Waals surface area contributed by atoms with Crippen molar-refractivity contribution in [2.24, 2.45) is 0 Å². The van der Waals surface area contributed by atoms with Crippen LogP contribution >= 0.6 is 0 Å². The fraction of sp³-hybridized carbons (Fsp3) is 0.625. The van der Waals surface area contributed by atoms with Crippen LogP contribution in [0.2, 0.25) is 0 Å². The lowest BCUT2D eigenvalue weighted by Gasteiger charge is -2.15. The molecule has 1 unspecified atom stereocenters. The molecule has 112 valence electrons. The minimum absolute atomic E-state index is 0.403. The predicted molar refractivity (Wildman–Crippen MR) is 77.3 cm³/mol. The highest BCUT2D eigenvalue weighted by Gasteiger charge is 2.15. The average molecular weight is 280 g/mol. The van der Waals surface area contributed by atoms with Crippen molar-refractivity contribution in [3.63, 3.8) is 0 Å². The van der Waals surface area contributed by atoms with Gasteiger partial charge in [-0.1, -0.05) is 0 Å². The maximum absolute atomic E-state index is 9.76. The number of benzene rings is 1. The first-order valence-electron chi connectivity index (χ1n) is 7.31. The molecule has 2 rings (SSSR count). The number of hydrogen-bond acceptors (Lipinski definition) is 4. The summed E-state index contributed by atoms with van der Waals surface area (Å²) in [6.45, 7) is 3.27. The SMILES string of the molecule is COc1ccc([C@@H](C)O)c(OCCCC2CCCO2)c1. The Balaban J connectivity index is 1.86. The van der Waals surface area contributed by atoms with Crippen LogP contribution in [-0.4, -0.2) is 31.5 Å². The minimum Gasteiger partial charge on any atom is -0.497 e. The van der Waals surface area contributed by atoms with Gasteiger partial charge in [0.15, 0.2) is 0 Å². The van der Waals surface area contributed by atoms with E-state index in [0.717, 1.165) is 37.2 Å². The molecule has 1 fully saturated rings. The zero-order chi connectivity index (χ0) is 14.4. The van der Waals surface area contributed by atoms with Crippen LogP contribution < -0.4 is 9.47 Å². The molecule has 1 saturated heterocycles. The first-order chi connectivity index (χ1) is 9.70. The molecule has 0 saturated carbocycles. The normalized spacial score (nSPS) is 19.9. The summed E-state index contributed by atoms with van der Waals surface area (Å²) < 4.78 is 16.6. The second-order valence-electron chi connectivity index (χ2n) is 5.21. The third-order valence-electron chi connectivity index (χ3n) is 3.62. The molecule has 2 atom stereocenters. The highest BCUT2D eigenvalue weighted by molar-refractivity contribution is 5.41. The molecule has 20 heavy (non-hydrogen) atoms. The van der Waals surface area contributed by atoms with Crippen LogP contribution in [0.3, 0.4) is 0 Å². The number of rotatable bonds is 7. The van der Waals surface area contributed by atoms with E-state index in [-0.39, 0.29) is 0 Å². The lowest BCUT2D eigenvalue weighted by molar-refractivity contribution is 0.0978. The van der Waals surface area contributed by atoms with E-state index in [1.54, 1.807) is 14.0 Å². The van der Waals surface area contributed by atoms with E-state index in [4.69, 9.17) is 14.2 Å². The van der Waals surface area contributed by atoms with Gasteiger partial charge in [-0.15, -0.1) is 0 Å². The van der Waals surface area contributed by atoms with Crippen LogP contribution in [0, 0.1) is 0 Å². The molecule has 4 heteroatoms. The van der Waals surface area contributed by atoms with Crippen molar-refractivity contribution in [2.45, 2.75) is 44.8 Å². The zero-order valence-corrected chi connectivity index (χ0v) is 12.3. The standard InChI is InChI=1S/C16H24O4/c1-12(17)15-8-7-14(18-2)11-16(15)20-10-4-6-13-5-3-9-19-13/h7-8,11-13,17H,3-6,9-10H2,1-2H3/t12-,13?/m1/s1. The molecular formula is C16H24O4. The predicted octanol–water partition coefficient (Wildman–Crippen LogP) is 3.09. The molecule has 0 aromatic heterocycles. The van der Waals surface area contributed by atoms with Crippen molar-refractivity contribution in [1.82, 2.24) is 0 Å². The second-order valence-corrected chi connectivity index (χ2v) is 5.21. The summed E-state index contributed by atoms with van der Waals surface area (Å²) >= 11 is 0. The smallest absolute Gasteiger partial charge is 0.128 e. The molecule has 4 nitrogen and oxygen atoms in total. The summed E-state index contributed by atoms with van der Waals surface area (Å²) in [5.41, 5.74) is 0.794. The van der Waals surface area contributed by atoms with E-state index in [9.17, 15) is 5.11 Å². The summed E-state index contributed by atoms with van der Waals surface area (Å²) in [5.74, 6) is 1.44. The highest BCUT2D eigenvalue weighted by atomic mass is 16.5. The van der Waals surface area contributed by atoms with E-state index in [1.807, 2.05) is 18.2 Å². The van der Waals surface area contributed by atoms with Crippen LogP contribution in [0.4, 0.5) is 0 Å². The Labute approximate surface area is 120 Å². The minimum atomic E-state index is -0.547. The Hall–Kier alpha value is -1.26. The summed E-state index contributed by atoms with van der Waals surface area (Å²) in [6.07, 6.45) is 4.19. The fourth-order valence-corrected chi connectivity index (χ4v) is 2.48. The van der Waals surface area contributed by atoms with Crippen molar-refractivity contribution in [1.29, 1.82) is 0 Å². The monoisotopic (exact) mass is 280 g/mol. The van der Waals surface area contributed by atoms with Gasteiger partial charge >= 0.3 is 0 Å². The molecule has 0 aliphatic carbocycles. The van der Waals surface area contributed by atoms with Crippen molar-refractivity contribution < 1.29 is 19.3 Å². The summed E-state index contributed by atoms with van der Waals surface area (Å²) in [5, 5.41) is 9.76. The third-order valence-corrected chi connectivity index (χ3v) is 3.62. The first kappa shape index (κ1) is 15.1. The number of aliphatic hydroxyl groups excluding tert-OH is 1. The van der Waals surface area contributed by atoms with Crippen LogP contribution in [0.1, 0.15) is 44.3 Å². The van der Waals surface area contributed by atoms with Gasteiger partial charge in [0.25, 0.3) is 0 Å². The number of aliphatic hydroxyl groups is 1. The molecule has 0 amide bonds. The lowest BCUT2D eigenvalue weighted by Crippen LogP contribution is -2.08. The third kappa shape index (κ3) is 4.12. The quantitative estimate of drug-likeness (QED) is 0.780. The van der Waals surface area contributed by atoms with Gasteiger partial charge in [-0.3, -0.25) is 0 Å². The van der Waals surface area contributed by atoms with Crippen LogP contribution in [0.15, 0.2) is 18.2 Å². The van der Waals surface area contributed by atoms with E-state index >= 15 is 0 Å². The molecular weight excluding hydrogens is 256 g/mol. The topological polar surface area (TPSA) is 47.9 Å². The van der Waals surface area contributed by atoms with Gasteiger partial charge in [-0.25, -0.2) is 0 Å². The average Bonchev–Trinajstić information content (AvgIpc) is 2.96. The highest BCUT2D eigenvalue weighted by Crippen LogP contribution is 2.29. The van der Waals surface area contributed by atoms with Crippen LogP contribution in [0.5, 0.6) is 11.5 Å². The van der Waals surface area contributed by atoms with E-state index in [2.05, 4.69) is 0 Å². The number of methoxy groups -OCH3 is 1. The van der Waals surface area contributed by atoms with E-state index in [1.165, 1.54) is 6.42 Å². The van der Waals surface area contributed by atoms with E-state index in [0.29, 0.717) is 18.5 Å². The first-order valence-corrected chi connectivity index (χ1v) is 7.31. The van der Waals surface area contributed by atoms with Gasteiger partial charge in [0.2, 0.25) is 0 Å². The fourth-order valence-electron chi connectivity index (χ4n) is 2.48. The molecule has 1 aromatic rings. The molecule has 1 aromatic carbocycles. The van der Waals surface area contributed by atoms with Crippen molar-refractivity contribution in [2.75, 3.05) is 20.3 Å². The molecule has 0 bridgehead atoms. The van der Waals surface area contributed by atoms with Crippen molar-refractivity contribution in [3.05, 3.63) is 23.8 Å². The molecule has 1 N–H and O–H groups in total. The molecule has 1 heterocycles. The molecule has 1 aliphatic rings. The Morgan fingerprint density at radius 1 is 1.45 bits per heavy atom. The summed E-state index contributed by atoms with van der Waals surface area (Å²) in [6, 6.07) is 5.51.